The van der Waals surface area contributed by atoms with Crippen LogP contribution in [0.5, 0.6) is 11.5 Å². The zero-order valence-electron chi connectivity index (χ0n) is 15.7. The summed E-state index contributed by atoms with van der Waals surface area (Å²) >= 11 is 0. The smallest absolute Gasteiger partial charge is 0.220 e. The molecule has 0 bridgehead atoms. The quantitative estimate of drug-likeness (QED) is 0.683. The van der Waals surface area contributed by atoms with E-state index in [1.54, 1.807) is 14.2 Å². The summed E-state index contributed by atoms with van der Waals surface area (Å²) in [5, 5.41) is 3.02. The lowest BCUT2D eigenvalue weighted by Crippen LogP contribution is -2.45. The summed E-state index contributed by atoms with van der Waals surface area (Å²) < 4.78 is 10.5. The molecule has 1 saturated heterocycles. The van der Waals surface area contributed by atoms with Gasteiger partial charge in [-0.05, 0) is 44.1 Å². The number of amides is 1. The number of piperazine rings is 1. The second-order valence-corrected chi connectivity index (χ2v) is 6.57. The van der Waals surface area contributed by atoms with Crippen LogP contribution in [-0.4, -0.2) is 76.2 Å². The molecule has 140 valence electrons. The predicted octanol–water partition coefficient (Wildman–Crippen LogP) is 1.39. The highest BCUT2D eigenvalue weighted by Gasteiger charge is 2.13. The molecule has 0 saturated carbocycles. The van der Waals surface area contributed by atoms with Crippen molar-refractivity contribution in [2.75, 3.05) is 60.5 Å². The van der Waals surface area contributed by atoms with Crippen LogP contribution in [0.25, 0.3) is 0 Å². The molecule has 1 fully saturated rings. The molecular formula is C19H31N3O3. The van der Waals surface area contributed by atoms with Crippen LogP contribution in [0.4, 0.5) is 0 Å². The van der Waals surface area contributed by atoms with E-state index in [1.165, 1.54) is 0 Å². The zero-order chi connectivity index (χ0) is 18.1. The van der Waals surface area contributed by atoms with Crippen molar-refractivity contribution in [2.24, 2.45) is 0 Å². The van der Waals surface area contributed by atoms with E-state index in [-0.39, 0.29) is 5.91 Å². The molecule has 1 heterocycles. The standard InChI is InChI=1S/C19H31N3O3/c1-21-9-11-22(12-10-21)8-4-7-20-19(23)6-5-16-13-17(24-2)15-18(14-16)25-3/h13-15H,4-12H2,1-3H3,(H,20,23). The molecule has 1 aromatic rings. The molecule has 1 aliphatic heterocycles. The minimum atomic E-state index is 0.0974. The molecule has 0 spiro atoms. The van der Waals surface area contributed by atoms with E-state index < -0.39 is 0 Å². The maximum atomic E-state index is 12.0. The van der Waals surface area contributed by atoms with Crippen molar-refractivity contribution in [1.82, 2.24) is 15.1 Å². The van der Waals surface area contributed by atoms with E-state index in [9.17, 15) is 4.79 Å². The van der Waals surface area contributed by atoms with E-state index in [1.807, 2.05) is 18.2 Å². The van der Waals surface area contributed by atoms with E-state index in [4.69, 9.17) is 9.47 Å². The van der Waals surface area contributed by atoms with Gasteiger partial charge in [-0.3, -0.25) is 4.79 Å². The van der Waals surface area contributed by atoms with E-state index in [2.05, 4.69) is 22.2 Å². The van der Waals surface area contributed by atoms with Gasteiger partial charge in [0.05, 0.1) is 14.2 Å². The van der Waals surface area contributed by atoms with Crippen LogP contribution in [0.3, 0.4) is 0 Å². The summed E-state index contributed by atoms with van der Waals surface area (Å²) in [5.41, 5.74) is 1.05. The number of hydrogen-bond acceptors (Lipinski definition) is 5. The fraction of sp³-hybridized carbons (Fsp3) is 0.632. The maximum absolute atomic E-state index is 12.0. The first kappa shape index (κ1) is 19.5. The van der Waals surface area contributed by atoms with Gasteiger partial charge in [0, 0.05) is 45.2 Å². The van der Waals surface area contributed by atoms with E-state index in [0.717, 1.165) is 62.8 Å². The Kier molecular flexibility index (Phi) is 8.01. The molecule has 25 heavy (non-hydrogen) atoms. The number of hydrogen-bond donors (Lipinski definition) is 1. The second-order valence-electron chi connectivity index (χ2n) is 6.57. The molecule has 6 heteroatoms. The molecule has 0 aliphatic carbocycles. The number of likely N-dealkylation sites (N-methyl/N-ethyl adjacent to an activating group) is 1. The first-order valence-corrected chi connectivity index (χ1v) is 9.00. The minimum Gasteiger partial charge on any atom is -0.497 e. The van der Waals surface area contributed by atoms with E-state index >= 15 is 0 Å². The van der Waals surface area contributed by atoms with Crippen LogP contribution in [-0.2, 0) is 11.2 Å². The number of methoxy groups -OCH3 is 2. The van der Waals surface area contributed by atoms with Crippen LogP contribution in [0.2, 0.25) is 0 Å². The Hall–Kier alpha value is -1.79. The summed E-state index contributed by atoms with van der Waals surface area (Å²) in [5.74, 6) is 1.60. The average Bonchev–Trinajstić information content (AvgIpc) is 2.64. The molecule has 6 nitrogen and oxygen atoms in total. The number of nitrogens with zero attached hydrogens (tertiary/aromatic N) is 2. The van der Waals surface area contributed by atoms with Crippen molar-refractivity contribution in [3.8, 4) is 11.5 Å². The molecule has 1 aromatic carbocycles. The molecule has 1 amide bonds. The number of aryl methyl sites for hydroxylation is 1. The number of rotatable bonds is 9. The Morgan fingerprint density at radius 1 is 1.08 bits per heavy atom. The van der Waals surface area contributed by atoms with Gasteiger partial charge in [0.25, 0.3) is 0 Å². The molecule has 1 aliphatic rings. The minimum absolute atomic E-state index is 0.0974. The molecule has 0 radical (unpaired) electrons. The Labute approximate surface area is 151 Å². The Morgan fingerprint density at radius 2 is 1.72 bits per heavy atom. The summed E-state index contributed by atoms with van der Waals surface area (Å²) in [6.07, 6.45) is 2.16. The monoisotopic (exact) mass is 349 g/mol. The number of carbonyl (C=O) groups excluding carboxylic acids is 1. The normalized spacial score (nSPS) is 15.8. The Bertz CT molecular complexity index is 520. The van der Waals surface area contributed by atoms with Crippen molar-refractivity contribution in [3.05, 3.63) is 23.8 Å². The van der Waals surface area contributed by atoms with Gasteiger partial charge in [0.2, 0.25) is 5.91 Å². The summed E-state index contributed by atoms with van der Waals surface area (Å²) in [4.78, 5) is 16.8. The van der Waals surface area contributed by atoms with Crippen LogP contribution in [0, 0.1) is 0 Å². The van der Waals surface area contributed by atoms with Crippen molar-refractivity contribution >= 4 is 5.91 Å². The SMILES string of the molecule is COc1cc(CCC(=O)NCCCN2CCN(C)CC2)cc(OC)c1. The molecule has 1 N–H and O–H groups in total. The fourth-order valence-electron chi connectivity index (χ4n) is 2.96. The van der Waals surface area contributed by atoms with Crippen molar-refractivity contribution in [3.63, 3.8) is 0 Å². The second kappa shape index (κ2) is 10.3. The zero-order valence-corrected chi connectivity index (χ0v) is 15.7. The molecule has 0 aromatic heterocycles. The molecule has 2 rings (SSSR count). The third kappa shape index (κ3) is 6.92. The van der Waals surface area contributed by atoms with Crippen LogP contribution < -0.4 is 14.8 Å². The Balaban J connectivity index is 1.64. The van der Waals surface area contributed by atoms with Gasteiger partial charge in [0.15, 0.2) is 0 Å². The van der Waals surface area contributed by atoms with Gasteiger partial charge < -0.3 is 24.6 Å². The highest BCUT2D eigenvalue weighted by Crippen LogP contribution is 2.23. The third-order valence-electron chi connectivity index (χ3n) is 4.62. The Morgan fingerprint density at radius 3 is 2.32 bits per heavy atom. The van der Waals surface area contributed by atoms with Gasteiger partial charge >= 0.3 is 0 Å². The largest absolute Gasteiger partial charge is 0.497 e. The number of ether oxygens (including phenoxy) is 2. The van der Waals surface area contributed by atoms with Gasteiger partial charge in [-0.15, -0.1) is 0 Å². The average molecular weight is 349 g/mol. The van der Waals surface area contributed by atoms with Crippen molar-refractivity contribution < 1.29 is 14.3 Å². The fourth-order valence-corrected chi connectivity index (χ4v) is 2.96. The summed E-state index contributed by atoms with van der Waals surface area (Å²) in [6, 6.07) is 5.73. The lowest BCUT2D eigenvalue weighted by molar-refractivity contribution is -0.121. The van der Waals surface area contributed by atoms with Gasteiger partial charge in [-0.2, -0.15) is 0 Å². The van der Waals surface area contributed by atoms with Crippen LogP contribution in [0.1, 0.15) is 18.4 Å². The highest BCUT2D eigenvalue weighted by molar-refractivity contribution is 5.76. The topological polar surface area (TPSA) is 54.0 Å². The van der Waals surface area contributed by atoms with Gasteiger partial charge in [-0.1, -0.05) is 0 Å². The highest BCUT2D eigenvalue weighted by atomic mass is 16.5. The lowest BCUT2D eigenvalue weighted by atomic mass is 10.1. The number of benzene rings is 1. The third-order valence-corrected chi connectivity index (χ3v) is 4.62. The molecule has 0 atom stereocenters. The molecule has 0 unspecified atom stereocenters. The van der Waals surface area contributed by atoms with Crippen molar-refractivity contribution in [2.45, 2.75) is 19.3 Å². The summed E-state index contributed by atoms with van der Waals surface area (Å²) in [7, 11) is 5.42. The maximum Gasteiger partial charge on any atom is 0.220 e. The van der Waals surface area contributed by atoms with Gasteiger partial charge in [0.1, 0.15) is 11.5 Å². The predicted molar refractivity (Wildman–Crippen MR) is 99.4 cm³/mol. The van der Waals surface area contributed by atoms with Crippen LogP contribution in [0.15, 0.2) is 18.2 Å². The lowest BCUT2D eigenvalue weighted by Gasteiger charge is -2.32. The van der Waals surface area contributed by atoms with Crippen LogP contribution >= 0.6 is 0 Å². The first-order valence-electron chi connectivity index (χ1n) is 9.00. The number of carbonyl (C=O) groups is 1. The van der Waals surface area contributed by atoms with Gasteiger partial charge in [-0.25, -0.2) is 0 Å². The van der Waals surface area contributed by atoms with Crippen molar-refractivity contribution in [1.29, 1.82) is 0 Å². The summed E-state index contributed by atoms with van der Waals surface area (Å²) in [6.45, 7) is 6.32. The van der Waals surface area contributed by atoms with E-state index in [0.29, 0.717) is 12.8 Å². The molecular weight excluding hydrogens is 318 g/mol. The number of nitrogens with one attached hydrogen (secondary N) is 1. The first-order chi connectivity index (χ1) is 12.1.